The summed E-state index contributed by atoms with van der Waals surface area (Å²) < 4.78 is 5.27. The quantitative estimate of drug-likeness (QED) is 0.541. The maximum atomic E-state index is 12.1. The fraction of sp³-hybridized carbons (Fsp3) is 0.833. The van der Waals surface area contributed by atoms with Crippen LogP contribution in [0.2, 0.25) is 0 Å². The molecule has 19 heavy (non-hydrogen) atoms. The molecule has 2 saturated heterocycles. The predicted molar refractivity (Wildman–Crippen MR) is 67.5 cm³/mol. The van der Waals surface area contributed by atoms with Gasteiger partial charge in [-0.25, -0.2) is 0 Å². The van der Waals surface area contributed by atoms with E-state index >= 15 is 0 Å². The van der Waals surface area contributed by atoms with Gasteiger partial charge in [0.1, 0.15) is 0 Å². The molecule has 0 aromatic carbocycles. The van der Waals surface area contributed by atoms with Gasteiger partial charge in [0.25, 0.3) is 0 Å². The molecule has 2 heterocycles. The van der Waals surface area contributed by atoms with Gasteiger partial charge in [-0.05, 0) is 13.0 Å². The van der Waals surface area contributed by atoms with Crippen molar-refractivity contribution in [1.29, 1.82) is 0 Å². The van der Waals surface area contributed by atoms with Crippen molar-refractivity contribution in [2.45, 2.75) is 12.5 Å². The number of rotatable bonds is 1. The standard InChI is InChI=1S/C12H21N3O4/c16-9-10-8-15(6-7-19-10)12(18)11(17)14-4-1-2-13-3-5-14/h10,13,16H,1-9H2. The Hall–Kier alpha value is -1.18. The summed E-state index contributed by atoms with van der Waals surface area (Å²) in [6.07, 6.45) is 0.484. The van der Waals surface area contributed by atoms with Crippen LogP contribution in [0.5, 0.6) is 0 Å². The third-order valence-corrected chi connectivity index (χ3v) is 3.44. The molecule has 0 spiro atoms. The number of amides is 2. The van der Waals surface area contributed by atoms with E-state index in [1.165, 1.54) is 4.90 Å². The second-order valence-electron chi connectivity index (χ2n) is 4.82. The molecule has 1 unspecified atom stereocenters. The first-order valence-electron chi connectivity index (χ1n) is 6.73. The number of carbonyl (C=O) groups is 2. The zero-order chi connectivity index (χ0) is 13.7. The molecule has 0 radical (unpaired) electrons. The van der Waals surface area contributed by atoms with Crippen LogP contribution in [-0.2, 0) is 14.3 Å². The summed E-state index contributed by atoms with van der Waals surface area (Å²) in [4.78, 5) is 27.4. The minimum atomic E-state index is -0.483. The van der Waals surface area contributed by atoms with Gasteiger partial charge in [0.05, 0.1) is 19.3 Å². The van der Waals surface area contributed by atoms with E-state index in [0.717, 1.165) is 19.5 Å². The third-order valence-electron chi connectivity index (χ3n) is 3.44. The summed E-state index contributed by atoms with van der Waals surface area (Å²) in [5.74, 6) is -0.925. The summed E-state index contributed by atoms with van der Waals surface area (Å²) in [5.41, 5.74) is 0. The first-order chi connectivity index (χ1) is 9.22. The van der Waals surface area contributed by atoms with Crippen LogP contribution in [0, 0.1) is 0 Å². The highest BCUT2D eigenvalue weighted by atomic mass is 16.5. The summed E-state index contributed by atoms with van der Waals surface area (Å²) in [6.45, 7) is 3.71. The van der Waals surface area contributed by atoms with Crippen LogP contribution in [0.3, 0.4) is 0 Å². The minimum Gasteiger partial charge on any atom is -0.394 e. The van der Waals surface area contributed by atoms with Crippen LogP contribution in [0.1, 0.15) is 6.42 Å². The second kappa shape index (κ2) is 6.83. The first-order valence-corrected chi connectivity index (χ1v) is 6.73. The predicted octanol–water partition coefficient (Wildman–Crippen LogP) is -1.97. The number of aliphatic hydroxyl groups excluding tert-OH is 1. The molecule has 7 nitrogen and oxygen atoms in total. The Bertz CT molecular complexity index is 329. The van der Waals surface area contributed by atoms with E-state index in [-0.39, 0.29) is 19.3 Å². The molecule has 0 aromatic heterocycles. The summed E-state index contributed by atoms with van der Waals surface area (Å²) in [5, 5.41) is 12.2. The molecule has 0 bridgehead atoms. The molecule has 0 aliphatic carbocycles. The lowest BCUT2D eigenvalue weighted by molar-refractivity contribution is -0.156. The summed E-state index contributed by atoms with van der Waals surface area (Å²) in [6, 6.07) is 0. The van der Waals surface area contributed by atoms with Gasteiger partial charge in [-0.3, -0.25) is 9.59 Å². The number of hydrogen-bond donors (Lipinski definition) is 2. The molecular formula is C12H21N3O4. The second-order valence-corrected chi connectivity index (χ2v) is 4.82. The van der Waals surface area contributed by atoms with Crippen molar-refractivity contribution in [3.63, 3.8) is 0 Å². The summed E-state index contributed by atoms with van der Waals surface area (Å²) in [7, 11) is 0. The van der Waals surface area contributed by atoms with Gasteiger partial charge in [-0.15, -0.1) is 0 Å². The van der Waals surface area contributed by atoms with Crippen molar-refractivity contribution < 1.29 is 19.4 Å². The minimum absolute atomic E-state index is 0.133. The zero-order valence-corrected chi connectivity index (χ0v) is 11.0. The van der Waals surface area contributed by atoms with E-state index in [9.17, 15) is 9.59 Å². The van der Waals surface area contributed by atoms with Crippen LogP contribution < -0.4 is 5.32 Å². The van der Waals surface area contributed by atoms with Gasteiger partial charge in [-0.2, -0.15) is 0 Å². The molecule has 1 atom stereocenters. The Kier molecular flexibility index (Phi) is 5.12. The maximum absolute atomic E-state index is 12.1. The van der Waals surface area contributed by atoms with E-state index < -0.39 is 11.8 Å². The fourth-order valence-corrected chi connectivity index (χ4v) is 2.33. The van der Waals surface area contributed by atoms with Crippen LogP contribution >= 0.6 is 0 Å². The number of ether oxygens (including phenoxy) is 1. The number of hydrogen-bond acceptors (Lipinski definition) is 5. The number of aliphatic hydroxyl groups is 1. The number of nitrogens with zero attached hydrogens (tertiary/aromatic N) is 2. The topological polar surface area (TPSA) is 82.1 Å². The van der Waals surface area contributed by atoms with E-state index in [0.29, 0.717) is 26.2 Å². The van der Waals surface area contributed by atoms with Gasteiger partial charge in [0.2, 0.25) is 0 Å². The Morgan fingerprint density at radius 1 is 1.16 bits per heavy atom. The van der Waals surface area contributed by atoms with E-state index in [4.69, 9.17) is 9.84 Å². The molecule has 2 rings (SSSR count). The Morgan fingerprint density at radius 2 is 1.95 bits per heavy atom. The molecule has 0 saturated carbocycles. The fourth-order valence-electron chi connectivity index (χ4n) is 2.33. The van der Waals surface area contributed by atoms with Gasteiger partial charge in [-0.1, -0.05) is 0 Å². The number of carbonyl (C=O) groups excluding carboxylic acids is 2. The van der Waals surface area contributed by atoms with Crippen LogP contribution in [-0.4, -0.2) is 85.3 Å². The lowest BCUT2D eigenvalue weighted by Gasteiger charge is -2.32. The van der Waals surface area contributed by atoms with E-state index in [1.807, 2.05) is 0 Å². The van der Waals surface area contributed by atoms with Gasteiger partial charge in [0.15, 0.2) is 0 Å². The van der Waals surface area contributed by atoms with Crippen LogP contribution in [0.25, 0.3) is 0 Å². The highest BCUT2D eigenvalue weighted by Gasteiger charge is 2.31. The van der Waals surface area contributed by atoms with Crippen molar-refractivity contribution in [3.8, 4) is 0 Å². The van der Waals surface area contributed by atoms with Crippen molar-refractivity contribution >= 4 is 11.8 Å². The molecular weight excluding hydrogens is 250 g/mol. The zero-order valence-electron chi connectivity index (χ0n) is 11.0. The lowest BCUT2D eigenvalue weighted by Crippen LogP contribution is -2.52. The van der Waals surface area contributed by atoms with Gasteiger partial charge in [0, 0.05) is 32.7 Å². The molecule has 2 aliphatic heterocycles. The molecule has 7 heteroatoms. The van der Waals surface area contributed by atoms with Crippen LogP contribution in [0.4, 0.5) is 0 Å². The molecule has 108 valence electrons. The van der Waals surface area contributed by atoms with Gasteiger partial charge < -0.3 is 25.0 Å². The van der Waals surface area contributed by atoms with Crippen molar-refractivity contribution in [2.75, 3.05) is 52.5 Å². The lowest BCUT2D eigenvalue weighted by atomic mass is 10.2. The van der Waals surface area contributed by atoms with Crippen molar-refractivity contribution in [3.05, 3.63) is 0 Å². The highest BCUT2D eigenvalue weighted by molar-refractivity contribution is 6.34. The molecule has 2 fully saturated rings. The van der Waals surface area contributed by atoms with Gasteiger partial charge >= 0.3 is 11.8 Å². The van der Waals surface area contributed by atoms with Crippen molar-refractivity contribution in [1.82, 2.24) is 15.1 Å². The van der Waals surface area contributed by atoms with E-state index in [2.05, 4.69) is 5.32 Å². The maximum Gasteiger partial charge on any atom is 0.312 e. The first kappa shape index (κ1) is 14.2. The van der Waals surface area contributed by atoms with Crippen molar-refractivity contribution in [2.24, 2.45) is 0 Å². The Morgan fingerprint density at radius 3 is 2.74 bits per heavy atom. The molecule has 2 N–H and O–H groups in total. The Balaban J connectivity index is 1.92. The number of morpholine rings is 1. The average Bonchev–Trinajstić information content (AvgIpc) is 2.75. The largest absolute Gasteiger partial charge is 0.394 e. The molecule has 0 aromatic rings. The SMILES string of the molecule is O=C(C(=O)N1CCOC(CO)C1)N1CCCNCC1. The molecule has 2 amide bonds. The molecule has 2 aliphatic rings. The monoisotopic (exact) mass is 271 g/mol. The van der Waals surface area contributed by atoms with E-state index in [1.54, 1.807) is 4.90 Å². The highest BCUT2D eigenvalue weighted by Crippen LogP contribution is 2.07. The summed E-state index contributed by atoms with van der Waals surface area (Å²) >= 11 is 0. The Labute approximate surface area is 112 Å². The normalized spacial score (nSPS) is 25.0. The smallest absolute Gasteiger partial charge is 0.312 e. The number of nitrogens with one attached hydrogen (secondary N) is 1. The third kappa shape index (κ3) is 3.65. The van der Waals surface area contributed by atoms with Crippen LogP contribution in [0.15, 0.2) is 0 Å². The average molecular weight is 271 g/mol.